The number of aromatic carboxylic acids is 1. The van der Waals surface area contributed by atoms with E-state index in [0.29, 0.717) is 10.0 Å². The summed E-state index contributed by atoms with van der Waals surface area (Å²) in [5.74, 6) is -1.39. The number of benzene rings is 1. The lowest BCUT2D eigenvalue weighted by Gasteiger charge is -2.05. The number of aromatic nitrogens is 1. The van der Waals surface area contributed by atoms with Crippen molar-refractivity contribution in [2.75, 3.05) is 0 Å². The van der Waals surface area contributed by atoms with Gasteiger partial charge < -0.3 is 5.11 Å². The van der Waals surface area contributed by atoms with Gasteiger partial charge in [-0.25, -0.2) is 13.2 Å². The van der Waals surface area contributed by atoms with Crippen LogP contribution >= 0.6 is 15.9 Å². The summed E-state index contributed by atoms with van der Waals surface area (Å²) >= 11 is 3.22. The molecule has 1 heterocycles. The number of nitrogens with zero attached hydrogens (tertiary/aromatic N) is 1. The van der Waals surface area contributed by atoms with E-state index >= 15 is 0 Å². The summed E-state index contributed by atoms with van der Waals surface area (Å²) in [5, 5.41) is 8.89. The van der Waals surface area contributed by atoms with Gasteiger partial charge >= 0.3 is 5.97 Å². The Bertz CT molecular complexity index is 758. The number of pyridine rings is 1. The Balaban J connectivity index is 2.35. The van der Waals surface area contributed by atoms with Gasteiger partial charge in [0.05, 0.1) is 16.2 Å². The Morgan fingerprint density at radius 2 is 2.00 bits per heavy atom. The van der Waals surface area contributed by atoms with Crippen molar-refractivity contribution in [3.05, 3.63) is 58.3 Å². The fourth-order valence-corrected chi connectivity index (χ4v) is 3.43. The summed E-state index contributed by atoms with van der Waals surface area (Å²) in [5.41, 5.74) is 0.471. The van der Waals surface area contributed by atoms with Gasteiger partial charge in [0.15, 0.2) is 9.84 Å². The van der Waals surface area contributed by atoms with Crippen LogP contribution < -0.4 is 0 Å². The van der Waals surface area contributed by atoms with Crippen LogP contribution in [-0.4, -0.2) is 24.5 Å². The standard InChI is InChI=1S/C13H10BrNO4S/c14-11-4-9(6-15-7-11)8-20(18,19)12-3-1-2-10(5-12)13(16)17/h1-7H,8H2,(H,16,17). The monoisotopic (exact) mass is 355 g/mol. The number of halogens is 1. The van der Waals surface area contributed by atoms with E-state index in [1.807, 2.05) is 0 Å². The Hall–Kier alpha value is -1.73. The fraction of sp³-hybridized carbons (Fsp3) is 0.0769. The van der Waals surface area contributed by atoms with E-state index in [1.54, 1.807) is 12.3 Å². The molecule has 0 saturated heterocycles. The van der Waals surface area contributed by atoms with Crippen LogP contribution in [0.25, 0.3) is 0 Å². The zero-order valence-corrected chi connectivity index (χ0v) is 12.6. The lowest BCUT2D eigenvalue weighted by atomic mass is 10.2. The molecule has 0 aliphatic heterocycles. The van der Waals surface area contributed by atoms with Crippen molar-refractivity contribution < 1.29 is 18.3 Å². The van der Waals surface area contributed by atoms with Crippen molar-refractivity contribution in [1.82, 2.24) is 4.98 Å². The molecule has 104 valence electrons. The van der Waals surface area contributed by atoms with Crippen LogP contribution in [0.15, 0.2) is 52.1 Å². The Kier molecular flexibility index (Phi) is 4.20. The average Bonchev–Trinajstić information content (AvgIpc) is 2.38. The molecule has 1 aromatic carbocycles. The van der Waals surface area contributed by atoms with E-state index in [0.717, 1.165) is 6.07 Å². The zero-order valence-electron chi connectivity index (χ0n) is 10.2. The first-order chi connectivity index (χ1) is 9.38. The molecule has 20 heavy (non-hydrogen) atoms. The lowest BCUT2D eigenvalue weighted by Crippen LogP contribution is -2.07. The second-order valence-corrected chi connectivity index (χ2v) is 7.01. The van der Waals surface area contributed by atoms with E-state index in [2.05, 4.69) is 20.9 Å². The first-order valence-corrected chi connectivity index (χ1v) is 7.98. The molecule has 0 spiro atoms. The van der Waals surface area contributed by atoms with Gasteiger partial charge in [-0.2, -0.15) is 0 Å². The highest BCUT2D eigenvalue weighted by molar-refractivity contribution is 9.10. The van der Waals surface area contributed by atoms with Gasteiger partial charge in [-0.15, -0.1) is 0 Å². The lowest BCUT2D eigenvalue weighted by molar-refractivity contribution is 0.0696. The van der Waals surface area contributed by atoms with E-state index in [-0.39, 0.29) is 16.2 Å². The highest BCUT2D eigenvalue weighted by atomic mass is 79.9. The number of carboxylic acids is 1. The van der Waals surface area contributed by atoms with Gasteiger partial charge in [-0.05, 0) is 45.8 Å². The van der Waals surface area contributed by atoms with Crippen molar-refractivity contribution >= 4 is 31.7 Å². The van der Waals surface area contributed by atoms with E-state index in [4.69, 9.17) is 5.11 Å². The van der Waals surface area contributed by atoms with Crippen molar-refractivity contribution in [2.45, 2.75) is 10.6 Å². The summed E-state index contributed by atoms with van der Waals surface area (Å²) in [7, 11) is -3.61. The summed E-state index contributed by atoms with van der Waals surface area (Å²) in [6.07, 6.45) is 3.02. The van der Waals surface area contributed by atoms with E-state index in [1.165, 1.54) is 24.4 Å². The maximum Gasteiger partial charge on any atom is 0.335 e. The Labute approximate surface area is 124 Å². The molecule has 1 N–H and O–H groups in total. The zero-order chi connectivity index (χ0) is 14.8. The molecule has 0 aliphatic rings. The van der Waals surface area contributed by atoms with Gasteiger partial charge in [-0.3, -0.25) is 4.98 Å². The maximum atomic E-state index is 12.3. The van der Waals surface area contributed by atoms with Crippen molar-refractivity contribution in [1.29, 1.82) is 0 Å². The molecule has 0 aliphatic carbocycles. The molecule has 2 rings (SSSR count). The number of carboxylic acid groups (broad SMARTS) is 1. The van der Waals surface area contributed by atoms with Crippen LogP contribution in [0.2, 0.25) is 0 Å². The normalized spacial score (nSPS) is 11.2. The van der Waals surface area contributed by atoms with Gasteiger partial charge in [0.2, 0.25) is 0 Å². The highest BCUT2D eigenvalue weighted by Gasteiger charge is 2.17. The molecule has 5 nitrogen and oxygen atoms in total. The van der Waals surface area contributed by atoms with Crippen LogP contribution in [0.5, 0.6) is 0 Å². The largest absolute Gasteiger partial charge is 0.478 e. The van der Waals surface area contributed by atoms with Crippen LogP contribution in [0.1, 0.15) is 15.9 Å². The molecule has 0 fully saturated rings. The SMILES string of the molecule is O=C(O)c1cccc(S(=O)(=O)Cc2cncc(Br)c2)c1. The molecule has 0 bridgehead atoms. The third kappa shape index (κ3) is 3.43. The minimum atomic E-state index is -3.61. The molecule has 1 aromatic heterocycles. The predicted molar refractivity (Wildman–Crippen MR) is 76.2 cm³/mol. The Morgan fingerprint density at radius 1 is 1.25 bits per heavy atom. The summed E-state index contributed by atoms with van der Waals surface area (Å²) in [4.78, 5) is 14.8. The van der Waals surface area contributed by atoms with Crippen LogP contribution in [0, 0.1) is 0 Å². The second kappa shape index (κ2) is 5.72. The number of sulfone groups is 1. The fourth-order valence-electron chi connectivity index (χ4n) is 1.66. The van der Waals surface area contributed by atoms with Crippen LogP contribution in [0.4, 0.5) is 0 Å². The van der Waals surface area contributed by atoms with Gasteiger partial charge in [0.25, 0.3) is 0 Å². The predicted octanol–water partition coefficient (Wildman–Crippen LogP) is 2.52. The third-order valence-corrected chi connectivity index (χ3v) is 4.68. The Morgan fingerprint density at radius 3 is 2.65 bits per heavy atom. The minimum absolute atomic E-state index is 0.0163. The molecule has 0 amide bonds. The van der Waals surface area contributed by atoms with Crippen molar-refractivity contribution in [3.63, 3.8) is 0 Å². The molecule has 7 heteroatoms. The number of carbonyl (C=O) groups is 1. The summed E-state index contributed by atoms with van der Waals surface area (Å²) < 4.78 is 25.2. The van der Waals surface area contributed by atoms with Crippen molar-refractivity contribution in [3.8, 4) is 0 Å². The van der Waals surface area contributed by atoms with Crippen molar-refractivity contribution in [2.24, 2.45) is 0 Å². The number of rotatable bonds is 4. The molecule has 0 radical (unpaired) electrons. The average molecular weight is 356 g/mol. The number of hydrogen-bond donors (Lipinski definition) is 1. The maximum absolute atomic E-state index is 12.3. The quantitative estimate of drug-likeness (QED) is 0.910. The minimum Gasteiger partial charge on any atom is -0.478 e. The van der Waals surface area contributed by atoms with Gasteiger partial charge in [0.1, 0.15) is 0 Å². The second-order valence-electron chi connectivity index (χ2n) is 4.10. The first-order valence-electron chi connectivity index (χ1n) is 5.54. The molecular weight excluding hydrogens is 346 g/mol. The van der Waals surface area contributed by atoms with E-state index in [9.17, 15) is 13.2 Å². The van der Waals surface area contributed by atoms with Crippen LogP contribution in [0.3, 0.4) is 0 Å². The molecule has 0 atom stereocenters. The molecule has 0 unspecified atom stereocenters. The van der Waals surface area contributed by atoms with E-state index < -0.39 is 15.8 Å². The summed E-state index contributed by atoms with van der Waals surface area (Å²) in [6, 6.07) is 6.96. The topological polar surface area (TPSA) is 84.3 Å². The van der Waals surface area contributed by atoms with Gasteiger partial charge in [-0.1, -0.05) is 6.07 Å². The molecular formula is C13H10BrNO4S. The molecule has 2 aromatic rings. The highest BCUT2D eigenvalue weighted by Crippen LogP contribution is 2.19. The van der Waals surface area contributed by atoms with Gasteiger partial charge in [0, 0.05) is 16.9 Å². The molecule has 0 saturated carbocycles. The smallest absolute Gasteiger partial charge is 0.335 e. The third-order valence-electron chi connectivity index (χ3n) is 2.56. The first kappa shape index (κ1) is 14.7. The van der Waals surface area contributed by atoms with Crippen LogP contribution in [-0.2, 0) is 15.6 Å². The summed E-state index contributed by atoms with van der Waals surface area (Å²) in [6.45, 7) is 0. The number of hydrogen-bond acceptors (Lipinski definition) is 4.